The van der Waals surface area contributed by atoms with Crippen molar-refractivity contribution in [3.05, 3.63) is 228 Å². The Morgan fingerprint density at radius 3 is 1.03 bits per heavy atom. The van der Waals surface area contributed by atoms with E-state index >= 15 is 0 Å². The molecule has 113 heavy (non-hydrogen) atoms. The number of urea groups is 1. The van der Waals surface area contributed by atoms with Crippen LogP contribution in [0.3, 0.4) is 0 Å². The highest BCUT2D eigenvalue weighted by molar-refractivity contribution is 6.43. The molecule has 0 radical (unpaired) electrons. The fourth-order valence-corrected chi connectivity index (χ4v) is 18.9. The SMILES string of the molecule is CC(=O)NC[C@@H]1CN(C2CCN(C(=O)c3ccc4ncccc4c3)CC2)CC[C@@H]1Cc1ccc(Cl)c(Cl)c1.CCNC(=O)NC[C@@H]1CN(C2CCN(C(=O)c3ccc4ncccc4c3)CC2)CC[C@@H]1Cc1ccc(Cl)c(Cl)c1.NC[C@@H]1CN(C2CCN(C(=O)c3ccc4ncccc4c3)CC2)CC[C@@H]1Cc1ccc(Cl)c(Cl)c1. The van der Waals surface area contributed by atoms with Gasteiger partial charge < -0.3 is 36.4 Å². The number of piperidine rings is 6. The zero-order chi connectivity index (χ0) is 79.1. The van der Waals surface area contributed by atoms with Crippen molar-refractivity contribution >= 4 is 132 Å². The average molecular weight is 1650 g/mol. The minimum Gasteiger partial charge on any atom is -0.356 e. The van der Waals surface area contributed by atoms with E-state index < -0.39 is 0 Å². The normalized spacial score (nSPS) is 21.1. The molecule has 0 bridgehead atoms. The summed E-state index contributed by atoms with van der Waals surface area (Å²) in [5.41, 5.74) is 14.7. The standard InChI is InChI=1S/C31H37Cl2N5O2.C30H34Cl2N4O2.C28H32Cl2N4O/c1-2-34-31(40)36-19-25-20-38(13-9-22(25)16-21-5-7-27(32)28(33)17-21)26-10-14-37(15-11-26)30(39)24-6-8-29-23(18-24)4-3-12-35-29;1-20(37)34-18-25-19-36(12-8-22(25)15-21-4-6-27(31)28(32)16-21)26-9-13-35(14-10-26)30(38)24-5-7-29-23(17-24)3-2-11-33-29;29-25-5-3-19(15-26(25)30)14-20-7-11-34(18-23(20)17-31)24-8-12-33(13-9-24)28(35)22-4-6-27-21(16-22)2-1-10-32-27/h3-8,12,17-18,22,25-26H,2,9-11,13-16,19-20H2,1H3,(H2,34,36,40);2-7,11,16-17,22,25-26H,8-10,12-15,18-19H2,1H3,(H,34,37);1-6,10,15-16,20,23-24H,7-9,11-14,17-18,31H2/t2*22-,25-;20-,23-/m111/s1. The zero-order valence-electron chi connectivity index (χ0n) is 64.5. The van der Waals surface area contributed by atoms with E-state index in [2.05, 4.69) is 57.7 Å². The van der Waals surface area contributed by atoms with Gasteiger partial charge in [-0.05, 0) is 272 Å². The maximum absolute atomic E-state index is 13.3. The van der Waals surface area contributed by atoms with E-state index in [1.54, 1.807) is 25.5 Å². The lowest BCUT2D eigenvalue weighted by Gasteiger charge is -2.45. The molecular formula is C89H103Cl6N13O5. The van der Waals surface area contributed by atoms with Crippen LogP contribution >= 0.6 is 69.6 Å². The minimum absolute atomic E-state index is 0.00621. The molecule has 6 aliphatic heterocycles. The highest BCUT2D eigenvalue weighted by Crippen LogP contribution is 2.37. The summed E-state index contributed by atoms with van der Waals surface area (Å²) in [5, 5.41) is 15.5. The van der Waals surface area contributed by atoms with Crippen LogP contribution in [-0.2, 0) is 24.1 Å². The van der Waals surface area contributed by atoms with E-state index in [9.17, 15) is 24.0 Å². The summed E-state index contributed by atoms with van der Waals surface area (Å²) in [7, 11) is 0. The molecule has 9 heterocycles. The van der Waals surface area contributed by atoms with Gasteiger partial charge in [0.05, 0.1) is 46.7 Å². The van der Waals surface area contributed by atoms with Gasteiger partial charge in [-0.25, -0.2) is 4.79 Å². The van der Waals surface area contributed by atoms with Crippen molar-refractivity contribution in [3.8, 4) is 0 Å². The number of benzene rings is 6. The number of carbonyl (C=O) groups is 5. The van der Waals surface area contributed by atoms with Crippen molar-refractivity contribution in [2.24, 2.45) is 41.2 Å². The number of nitrogens with one attached hydrogen (secondary N) is 3. The van der Waals surface area contributed by atoms with Gasteiger partial charge in [-0.15, -0.1) is 0 Å². The first-order valence-corrected chi connectivity index (χ1v) is 42.5. The molecule has 18 nitrogen and oxygen atoms in total. The van der Waals surface area contributed by atoms with Gasteiger partial charge in [0.25, 0.3) is 17.7 Å². The number of carbonyl (C=O) groups excluding carboxylic acids is 5. The molecule has 9 aromatic rings. The molecular weight excluding hydrogens is 1540 g/mol. The summed E-state index contributed by atoms with van der Waals surface area (Å²) in [6.07, 6.45) is 17.2. The van der Waals surface area contributed by atoms with E-state index in [1.165, 1.54) is 16.7 Å². The largest absolute Gasteiger partial charge is 0.356 e. The number of likely N-dealkylation sites (tertiary alicyclic amines) is 6. The van der Waals surface area contributed by atoms with Gasteiger partial charge >= 0.3 is 6.03 Å². The summed E-state index contributed by atoms with van der Waals surface area (Å²) in [6, 6.07) is 48.0. The Hall–Kier alpha value is -7.72. The maximum Gasteiger partial charge on any atom is 0.314 e. The molecule has 0 aliphatic carbocycles. The third-order valence-corrected chi connectivity index (χ3v) is 26.6. The Balaban J connectivity index is 0.000000148. The quantitative estimate of drug-likeness (QED) is 0.0633. The van der Waals surface area contributed by atoms with Crippen LogP contribution < -0.4 is 21.7 Å². The molecule has 6 fully saturated rings. The smallest absolute Gasteiger partial charge is 0.314 e. The molecule has 6 saturated heterocycles. The summed E-state index contributed by atoms with van der Waals surface area (Å²) < 4.78 is 0. The second-order valence-electron chi connectivity index (χ2n) is 31.5. The van der Waals surface area contributed by atoms with Crippen molar-refractivity contribution in [1.29, 1.82) is 0 Å². The summed E-state index contributed by atoms with van der Waals surface area (Å²) in [6.45, 7) is 16.7. The molecule has 0 saturated carbocycles. The van der Waals surface area contributed by atoms with E-state index in [4.69, 9.17) is 75.3 Å². The lowest BCUT2D eigenvalue weighted by molar-refractivity contribution is -0.119. The molecule has 6 aromatic carbocycles. The number of nitrogens with zero attached hydrogens (tertiary/aromatic N) is 9. The number of rotatable bonds is 18. The lowest BCUT2D eigenvalue weighted by atomic mass is 9.80. The number of halogens is 6. The second kappa shape index (κ2) is 39.8. The second-order valence-corrected chi connectivity index (χ2v) is 33.9. The van der Waals surface area contributed by atoms with Gasteiger partial charge in [0.1, 0.15) is 0 Å². The predicted octanol–water partition coefficient (Wildman–Crippen LogP) is 16.4. The summed E-state index contributed by atoms with van der Waals surface area (Å²) in [5.74, 6) is 2.89. The van der Waals surface area contributed by atoms with Crippen molar-refractivity contribution < 1.29 is 24.0 Å². The Labute approximate surface area is 694 Å². The van der Waals surface area contributed by atoms with E-state index in [-0.39, 0.29) is 29.7 Å². The number of hydrogen-bond acceptors (Lipinski definition) is 12. The number of nitrogens with two attached hydrogens (primary N) is 1. The third-order valence-electron chi connectivity index (χ3n) is 24.3. The van der Waals surface area contributed by atoms with Gasteiger partial charge in [0.15, 0.2) is 0 Å². The third kappa shape index (κ3) is 21.9. The van der Waals surface area contributed by atoms with Crippen molar-refractivity contribution in [2.75, 3.05) is 105 Å². The molecule has 596 valence electrons. The topological polar surface area (TPSA) is 206 Å². The van der Waals surface area contributed by atoms with E-state index in [0.29, 0.717) is 110 Å². The highest BCUT2D eigenvalue weighted by atomic mass is 35.5. The Kier molecular flexibility index (Phi) is 29.3. The highest BCUT2D eigenvalue weighted by Gasteiger charge is 2.39. The lowest BCUT2D eigenvalue weighted by Crippen LogP contribution is -2.53. The molecule has 0 unspecified atom stereocenters. The van der Waals surface area contributed by atoms with Crippen LogP contribution in [0.25, 0.3) is 32.7 Å². The van der Waals surface area contributed by atoms with Crippen LogP contribution in [0.1, 0.15) is 119 Å². The van der Waals surface area contributed by atoms with Crippen molar-refractivity contribution in [2.45, 2.75) is 109 Å². The van der Waals surface area contributed by atoms with Crippen LogP contribution in [0, 0.1) is 35.5 Å². The number of hydrogen-bond donors (Lipinski definition) is 4. The predicted molar refractivity (Wildman–Crippen MR) is 457 cm³/mol. The first-order valence-electron chi connectivity index (χ1n) is 40.2. The number of pyridine rings is 3. The number of fused-ring (bicyclic) bond motifs is 3. The first kappa shape index (κ1) is 83.2. The zero-order valence-corrected chi connectivity index (χ0v) is 69.0. The Morgan fingerprint density at radius 1 is 0.381 bits per heavy atom. The minimum atomic E-state index is -0.121. The molecule has 0 spiro atoms. The molecule has 24 heteroatoms. The monoisotopic (exact) mass is 1640 g/mol. The number of amides is 6. The van der Waals surface area contributed by atoms with Crippen LogP contribution in [0.5, 0.6) is 0 Å². The van der Waals surface area contributed by atoms with Crippen molar-refractivity contribution in [3.63, 3.8) is 0 Å². The average Bonchev–Trinajstić information content (AvgIpc) is 0.818. The van der Waals surface area contributed by atoms with Crippen LogP contribution in [0.4, 0.5) is 4.79 Å². The van der Waals surface area contributed by atoms with Gasteiger partial charge in [-0.1, -0.05) is 106 Å². The molecule has 6 atom stereocenters. The summed E-state index contributed by atoms with van der Waals surface area (Å²) in [4.78, 5) is 90.4. The van der Waals surface area contributed by atoms with Crippen LogP contribution in [0.2, 0.25) is 30.1 Å². The first-order chi connectivity index (χ1) is 54.8. The van der Waals surface area contributed by atoms with Gasteiger partial charge in [0, 0.05) is 155 Å². The Bertz CT molecular complexity index is 4790. The van der Waals surface area contributed by atoms with Crippen LogP contribution in [-0.4, -0.2) is 197 Å². The van der Waals surface area contributed by atoms with Crippen LogP contribution in [0.15, 0.2) is 164 Å². The van der Waals surface area contributed by atoms with E-state index in [0.717, 1.165) is 205 Å². The molecule has 5 N–H and O–H groups in total. The maximum atomic E-state index is 13.3. The molecule has 6 amide bonds. The summed E-state index contributed by atoms with van der Waals surface area (Å²) >= 11 is 37.1. The fraction of sp³-hybridized carbons (Fsp3) is 0.438. The van der Waals surface area contributed by atoms with Gasteiger partial charge in [-0.2, -0.15) is 0 Å². The van der Waals surface area contributed by atoms with Gasteiger partial charge in [0.2, 0.25) is 5.91 Å². The number of aromatic nitrogens is 3. The van der Waals surface area contributed by atoms with Gasteiger partial charge in [-0.3, -0.25) is 48.8 Å². The van der Waals surface area contributed by atoms with Crippen molar-refractivity contribution in [1.82, 2.24) is 60.3 Å². The molecule has 15 rings (SSSR count). The molecule has 3 aromatic heterocycles. The Morgan fingerprint density at radius 2 is 0.708 bits per heavy atom. The molecule has 6 aliphatic rings. The van der Waals surface area contributed by atoms with E-state index in [1.807, 2.05) is 155 Å². The fourth-order valence-electron chi connectivity index (χ4n) is 18.0.